The molecular weight excluding hydrogens is 114 g/mol. The highest BCUT2D eigenvalue weighted by Gasteiger charge is 1.91. The van der Waals surface area contributed by atoms with Crippen molar-refractivity contribution in [1.29, 1.82) is 0 Å². The zero-order valence-electron chi connectivity index (χ0n) is 5.76. The zero-order valence-corrected chi connectivity index (χ0v) is 5.76. The van der Waals surface area contributed by atoms with Gasteiger partial charge in [-0.1, -0.05) is 0 Å². The first-order valence-electron chi connectivity index (χ1n) is 3.05. The van der Waals surface area contributed by atoms with Crippen LogP contribution in [0.1, 0.15) is 6.92 Å². The monoisotopic (exact) mass is 125 g/mol. The molecule has 3 heteroatoms. The Morgan fingerprint density at radius 3 is 3.00 bits per heavy atom. The summed E-state index contributed by atoms with van der Waals surface area (Å²) in [6.45, 7) is 2.97. The number of anilines is 1. The zero-order chi connectivity index (χ0) is 6.69. The molecule has 0 fully saturated rings. The highest BCUT2D eigenvalue weighted by molar-refractivity contribution is 5.24. The molecule has 0 radical (unpaired) electrons. The van der Waals surface area contributed by atoms with E-state index in [9.17, 15) is 0 Å². The summed E-state index contributed by atoms with van der Waals surface area (Å²) in [6.07, 6.45) is 3.69. The minimum absolute atomic E-state index is 0.921. The molecular formula is C6H11N3. The van der Waals surface area contributed by atoms with Gasteiger partial charge in [-0.25, -0.2) is 4.98 Å². The molecule has 1 heterocycles. The van der Waals surface area contributed by atoms with E-state index in [1.54, 1.807) is 6.20 Å². The van der Waals surface area contributed by atoms with E-state index >= 15 is 0 Å². The van der Waals surface area contributed by atoms with E-state index in [1.807, 2.05) is 17.8 Å². The van der Waals surface area contributed by atoms with Gasteiger partial charge in [-0.3, -0.25) is 0 Å². The van der Waals surface area contributed by atoms with Gasteiger partial charge in [0.25, 0.3) is 0 Å². The van der Waals surface area contributed by atoms with Gasteiger partial charge < -0.3 is 9.88 Å². The predicted octanol–water partition coefficient (Wildman–Crippen LogP) is 0.852. The van der Waals surface area contributed by atoms with Crippen molar-refractivity contribution in [3.8, 4) is 0 Å². The minimum Gasteiger partial charge on any atom is -0.356 e. The summed E-state index contributed by atoms with van der Waals surface area (Å²) < 4.78 is 1.95. The van der Waals surface area contributed by atoms with Crippen LogP contribution < -0.4 is 5.32 Å². The largest absolute Gasteiger partial charge is 0.356 e. The molecule has 1 N–H and O–H groups in total. The predicted molar refractivity (Wildman–Crippen MR) is 37.4 cm³/mol. The lowest BCUT2D eigenvalue weighted by Gasteiger charge is -1.99. The van der Waals surface area contributed by atoms with E-state index in [-0.39, 0.29) is 0 Å². The highest BCUT2D eigenvalue weighted by atomic mass is 15.2. The molecule has 0 saturated carbocycles. The van der Waals surface area contributed by atoms with Gasteiger partial charge in [0.1, 0.15) is 0 Å². The summed E-state index contributed by atoms with van der Waals surface area (Å²) >= 11 is 0. The second-order valence-electron chi connectivity index (χ2n) is 1.89. The number of nitrogens with one attached hydrogen (secondary N) is 1. The summed E-state index contributed by atoms with van der Waals surface area (Å²) in [5.74, 6) is 0.928. The number of hydrogen-bond acceptors (Lipinski definition) is 2. The normalized spacial score (nSPS) is 9.56. The molecule has 0 bridgehead atoms. The van der Waals surface area contributed by atoms with E-state index in [2.05, 4.69) is 17.2 Å². The number of rotatable bonds is 2. The number of aryl methyl sites for hydroxylation is 1. The van der Waals surface area contributed by atoms with Crippen LogP contribution in [-0.2, 0) is 7.05 Å². The number of nitrogens with zero attached hydrogens (tertiary/aromatic N) is 2. The second kappa shape index (κ2) is 2.53. The maximum Gasteiger partial charge on any atom is 0.202 e. The molecule has 0 atom stereocenters. The van der Waals surface area contributed by atoms with Crippen molar-refractivity contribution in [2.45, 2.75) is 6.92 Å². The summed E-state index contributed by atoms with van der Waals surface area (Å²) in [7, 11) is 1.96. The molecule has 0 unspecified atom stereocenters. The summed E-state index contributed by atoms with van der Waals surface area (Å²) in [4.78, 5) is 4.06. The molecule has 3 nitrogen and oxygen atoms in total. The smallest absolute Gasteiger partial charge is 0.202 e. The lowest BCUT2D eigenvalue weighted by molar-refractivity contribution is 0.907. The first kappa shape index (κ1) is 6.13. The van der Waals surface area contributed by atoms with Crippen LogP contribution in [0.4, 0.5) is 5.95 Å². The van der Waals surface area contributed by atoms with Crippen molar-refractivity contribution >= 4 is 5.95 Å². The molecule has 0 spiro atoms. The number of hydrogen-bond donors (Lipinski definition) is 1. The van der Waals surface area contributed by atoms with Gasteiger partial charge >= 0.3 is 0 Å². The fourth-order valence-electron chi connectivity index (χ4n) is 0.694. The quantitative estimate of drug-likeness (QED) is 0.635. The van der Waals surface area contributed by atoms with E-state index in [4.69, 9.17) is 0 Å². The molecule has 1 aromatic rings. The number of aromatic nitrogens is 2. The third-order valence-corrected chi connectivity index (χ3v) is 1.16. The Balaban J connectivity index is 2.69. The Morgan fingerprint density at radius 2 is 2.56 bits per heavy atom. The van der Waals surface area contributed by atoms with Crippen LogP contribution >= 0.6 is 0 Å². The molecule has 9 heavy (non-hydrogen) atoms. The van der Waals surface area contributed by atoms with E-state index in [0.717, 1.165) is 12.5 Å². The van der Waals surface area contributed by atoms with Gasteiger partial charge in [0.15, 0.2) is 0 Å². The average molecular weight is 125 g/mol. The Hall–Kier alpha value is -0.990. The fourth-order valence-corrected chi connectivity index (χ4v) is 0.694. The van der Waals surface area contributed by atoms with Crippen molar-refractivity contribution in [2.75, 3.05) is 11.9 Å². The van der Waals surface area contributed by atoms with Crippen LogP contribution in [0.15, 0.2) is 12.4 Å². The third-order valence-electron chi connectivity index (χ3n) is 1.16. The first-order valence-corrected chi connectivity index (χ1v) is 3.05. The SMILES string of the molecule is CCNc1nccn1C. The number of imidazole rings is 1. The molecule has 0 saturated heterocycles. The topological polar surface area (TPSA) is 29.9 Å². The van der Waals surface area contributed by atoms with E-state index in [0.29, 0.717) is 0 Å². The Labute approximate surface area is 54.7 Å². The van der Waals surface area contributed by atoms with Gasteiger partial charge in [0.2, 0.25) is 5.95 Å². The van der Waals surface area contributed by atoms with E-state index in [1.165, 1.54) is 0 Å². The van der Waals surface area contributed by atoms with Gasteiger partial charge in [0, 0.05) is 26.0 Å². The Kier molecular flexibility index (Phi) is 1.72. The highest BCUT2D eigenvalue weighted by Crippen LogP contribution is 1.98. The van der Waals surface area contributed by atoms with Crippen molar-refractivity contribution < 1.29 is 0 Å². The standard InChI is InChI=1S/C6H11N3/c1-3-7-6-8-4-5-9(6)2/h4-5H,3H2,1-2H3,(H,7,8). The van der Waals surface area contributed by atoms with Crippen molar-refractivity contribution in [3.63, 3.8) is 0 Å². The third kappa shape index (κ3) is 1.22. The lowest BCUT2D eigenvalue weighted by atomic mass is 10.7. The minimum atomic E-state index is 0.921. The molecule has 50 valence electrons. The van der Waals surface area contributed by atoms with Gasteiger partial charge in [0.05, 0.1) is 0 Å². The molecule has 0 amide bonds. The second-order valence-corrected chi connectivity index (χ2v) is 1.89. The van der Waals surface area contributed by atoms with Crippen molar-refractivity contribution in [1.82, 2.24) is 9.55 Å². The molecule has 0 aromatic carbocycles. The van der Waals surface area contributed by atoms with Crippen molar-refractivity contribution in [3.05, 3.63) is 12.4 Å². The van der Waals surface area contributed by atoms with Gasteiger partial charge in [-0.15, -0.1) is 0 Å². The Morgan fingerprint density at radius 1 is 1.78 bits per heavy atom. The lowest BCUT2D eigenvalue weighted by Crippen LogP contribution is -2.02. The van der Waals surface area contributed by atoms with E-state index < -0.39 is 0 Å². The van der Waals surface area contributed by atoms with Crippen molar-refractivity contribution in [2.24, 2.45) is 7.05 Å². The fraction of sp³-hybridized carbons (Fsp3) is 0.500. The summed E-state index contributed by atoms with van der Waals surface area (Å²) in [6, 6.07) is 0. The van der Waals surface area contributed by atoms with Crippen LogP contribution in [0.2, 0.25) is 0 Å². The summed E-state index contributed by atoms with van der Waals surface area (Å²) in [5.41, 5.74) is 0. The van der Waals surface area contributed by atoms with Gasteiger partial charge in [-0.05, 0) is 6.92 Å². The van der Waals surface area contributed by atoms with Crippen LogP contribution in [-0.4, -0.2) is 16.1 Å². The molecule has 0 aliphatic rings. The maximum atomic E-state index is 4.06. The molecule has 0 aliphatic heterocycles. The van der Waals surface area contributed by atoms with Gasteiger partial charge in [-0.2, -0.15) is 0 Å². The first-order chi connectivity index (χ1) is 4.34. The van der Waals surface area contributed by atoms with Crippen LogP contribution in [0.25, 0.3) is 0 Å². The molecule has 1 rings (SSSR count). The van der Waals surface area contributed by atoms with Crippen LogP contribution in [0, 0.1) is 0 Å². The average Bonchev–Trinajstić information content (AvgIpc) is 2.18. The van der Waals surface area contributed by atoms with Crippen LogP contribution in [0.5, 0.6) is 0 Å². The van der Waals surface area contributed by atoms with Crippen LogP contribution in [0.3, 0.4) is 0 Å². The maximum absolute atomic E-state index is 4.06. The Bertz CT molecular complexity index is 180. The summed E-state index contributed by atoms with van der Waals surface area (Å²) in [5, 5.41) is 3.11. The molecule has 0 aliphatic carbocycles. The molecule has 1 aromatic heterocycles.